The highest BCUT2D eigenvalue weighted by atomic mass is 35.5. The molecule has 1 amide bonds. The summed E-state index contributed by atoms with van der Waals surface area (Å²) in [6.45, 7) is 4.00. The van der Waals surface area contributed by atoms with E-state index in [4.69, 9.17) is 21.1 Å². The summed E-state index contributed by atoms with van der Waals surface area (Å²) in [5, 5.41) is 5.60. The van der Waals surface area contributed by atoms with Crippen LogP contribution in [-0.4, -0.2) is 30.2 Å². The summed E-state index contributed by atoms with van der Waals surface area (Å²) < 4.78 is 10.7. The van der Waals surface area contributed by atoms with E-state index >= 15 is 0 Å². The SMILES string of the molecule is COc1ccc(C(=O)Oc2ccccc2C=NNC(=O)c2[nH]c3c(C)cc(C)cc3c2-c2ccccc2Cl)cc1. The van der Waals surface area contributed by atoms with Gasteiger partial charge in [-0.25, -0.2) is 10.2 Å². The molecule has 2 N–H and O–H groups in total. The van der Waals surface area contributed by atoms with Crippen LogP contribution in [0.5, 0.6) is 11.5 Å². The molecular weight excluding hydrogens is 526 g/mol. The number of ether oxygens (including phenoxy) is 2. The largest absolute Gasteiger partial charge is 0.497 e. The fraction of sp³-hybridized carbons (Fsp3) is 0.0938. The van der Waals surface area contributed by atoms with Gasteiger partial charge in [0.2, 0.25) is 0 Å². The molecule has 0 unspecified atom stereocenters. The number of benzene rings is 4. The van der Waals surface area contributed by atoms with Crippen LogP contribution in [0.1, 0.15) is 37.5 Å². The lowest BCUT2D eigenvalue weighted by Crippen LogP contribution is -2.19. The number of esters is 1. The molecule has 0 aliphatic rings. The first-order valence-corrected chi connectivity index (χ1v) is 12.9. The predicted molar refractivity (Wildman–Crippen MR) is 158 cm³/mol. The zero-order valence-corrected chi connectivity index (χ0v) is 22.9. The second-order valence-corrected chi connectivity index (χ2v) is 9.62. The lowest BCUT2D eigenvalue weighted by atomic mass is 9.99. The molecule has 1 heterocycles. The van der Waals surface area contributed by atoms with Crippen LogP contribution in [0.3, 0.4) is 0 Å². The Bertz CT molecular complexity index is 1760. The maximum atomic E-state index is 13.4. The molecule has 0 aliphatic carbocycles. The van der Waals surface area contributed by atoms with Crippen molar-refractivity contribution in [1.82, 2.24) is 10.4 Å². The predicted octanol–water partition coefficient (Wildman–Crippen LogP) is 7.10. The number of H-pyrrole nitrogens is 1. The topological polar surface area (TPSA) is 92.8 Å². The van der Waals surface area contributed by atoms with E-state index in [-0.39, 0.29) is 0 Å². The third-order valence-corrected chi connectivity index (χ3v) is 6.77. The minimum absolute atomic E-state index is 0.301. The molecule has 200 valence electrons. The van der Waals surface area contributed by atoms with Gasteiger partial charge in [0.1, 0.15) is 17.2 Å². The van der Waals surface area contributed by atoms with Crippen LogP contribution >= 0.6 is 11.6 Å². The van der Waals surface area contributed by atoms with Gasteiger partial charge in [-0.1, -0.05) is 53.6 Å². The van der Waals surface area contributed by atoms with Gasteiger partial charge in [0.25, 0.3) is 5.91 Å². The van der Waals surface area contributed by atoms with E-state index in [1.54, 1.807) is 61.7 Å². The number of fused-ring (bicyclic) bond motifs is 1. The molecule has 0 spiro atoms. The highest BCUT2D eigenvalue weighted by Gasteiger charge is 2.22. The van der Waals surface area contributed by atoms with Crippen molar-refractivity contribution in [3.05, 3.63) is 118 Å². The van der Waals surface area contributed by atoms with Crippen LogP contribution in [0.4, 0.5) is 0 Å². The summed E-state index contributed by atoms with van der Waals surface area (Å²) in [6, 6.07) is 25.0. The van der Waals surface area contributed by atoms with Crippen molar-refractivity contribution in [3.8, 4) is 22.6 Å². The fourth-order valence-corrected chi connectivity index (χ4v) is 4.78. The third kappa shape index (κ3) is 5.46. The number of aryl methyl sites for hydroxylation is 2. The van der Waals surface area contributed by atoms with Gasteiger partial charge in [-0.15, -0.1) is 0 Å². The second kappa shape index (κ2) is 11.5. The summed E-state index contributed by atoms with van der Waals surface area (Å²) in [5.74, 6) is -0.0275. The van der Waals surface area contributed by atoms with E-state index in [2.05, 4.69) is 21.6 Å². The first kappa shape index (κ1) is 26.7. The molecule has 0 atom stereocenters. The van der Waals surface area contributed by atoms with Gasteiger partial charge in [-0.2, -0.15) is 5.10 Å². The maximum absolute atomic E-state index is 13.4. The van der Waals surface area contributed by atoms with Crippen LogP contribution in [0.25, 0.3) is 22.0 Å². The molecule has 5 aromatic rings. The number of hydrogen-bond donors (Lipinski definition) is 2. The van der Waals surface area contributed by atoms with Crippen molar-refractivity contribution < 1.29 is 19.1 Å². The summed E-state index contributed by atoms with van der Waals surface area (Å²) >= 11 is 6.55. The normalized spacial score (nSPS) is 11.1. The number of nitrogens with zero attached hydrogens (tertiary/aromatic N) is 1. The first-order valence-electron chi connectivity index (χ1n) is 12.5. The van der Waals surface area contributed by atoms with Crippen molar-refractivity contribution in [3.63, 3.8) is 0 Å². The summed E-state index contributed by atoms with van der Waals surface area (Å²) in [7, 11) is 1.55. The van der Waals surface area contributed by atoms with E-state index in [0.29, 0.717) is 38.9 Å². The minimum Gasteiger partial charge on any atom is -0.497 e. The van der Waals surface area contributed by atoms with Gasteiger partial charge in [0, 0.05) is 32.6 Å². The lowest BCUT2D eigenvalue weighted by molar-refractivity contribution is 0.0734. The summed E-state index contributed by atoms with van der Waals surface area (Å²) in [6.07, 6.45) is 1.43. The Morgan fingerprint density at radius 1 is 0.950 bits per heavy atom. The van der Waals surface area contributed by atoms with Crippen LogP contribution in [0, 0.1) is 13.8 Å². The highest BCUT2D eigenvalue weighted by molar-refractivity contribution is 6.34. The Labute approximate surface area is 236 Å². The van der Waals surface area contributed by atoms with Gasteiger partial charge in [-0.05, 0) is 67.9 Å². The number of hydrogen-bond acceptors (Lipinski definition) is 5. The van der Waals surface area contributed by atoms with Crippen molar-refractivity contribution in [2.24, 2.45) is 5.10 Å². The molecule has 0 saturated heterocycles. The summed E-state index contributed by atoms with van der Waals surface area (Å²) in [5.41, 5.74) is 8.21. The number of carbonyl (C=O) groups excluding carboxylic acids is 2. The molecule has 0 fully saturated rings. The Kier molecular flexibility index (Phi) is 7.66. The van der Waals surface area contributed by atoms with Crippen molar-refractivity contribution in [2.75, 3.05) is 7.11 Å². The number of halogens is 1. The number of aromatic amines is 1. The molecule has 0 saturated carbocycles. The van der Waals surface area contributed by atoms with Crippen molar-refractivity contribution in [1.29, 1.82) is 0 Å². The minimum atomic E-state index is -0.527. The van der Waals surface area contributed by atoms with Gasteiger partial charge in [0.05, 0.1) is 18.9 Å². The molecule has 8 heteroatoms. The van der Waals surface area contributed by atoms with Gasteiger partial charge >= 0.3 is 5.97 Å². The maximum Gasteiger partial charge on any atom is 0.343 e. The van der Waals surface area contributed by atoms with E-state index in [0.717, 1.165) is 27.6 Å². The number of amides is 1. The van der Waals surface area contributed by atoms with Crippen LogP contribution in [0.2, 0.25) is 5.02 Å². The van der Waals surface area contributed by atoms with Gasteiger partial charge in [-0.3, -0.25) is 4.79 Å². The fourth-order valence-electron chi connectivity index (χ4n) is 4.55. The van der Waals surface area contributed by atoms with E-state index in [1.165, 1.54) is 6.21 Å². The second-order valence-electron chi connectivity index (χ2n) is 9.21. The van der Waals surface area contributed by atoms with Crippen molar-refractivity contribution in [2.45, 2.75) is 13.8 Å². The van der Waals surface area contributed by atoms with Crippen LogP contribution in [-0.2, 0) is 0 Å². The molecule has 0 radical (unpaired) electrons. The third-order valence-electron chi connectivity index (χ3n) is 6.44. The molecule has 4 aromatic carbocycles. The van der Waals surface area contributed by atoms with Gasteiger partial charge < -0.3 is 14.5 Å². The molecule has 5 rings (SSSR count). The zero-order valence-electron chi connectivity index (χ0n) is 22.1. The number of para-hydroxylation sites is 1. The zero-order chi connectivity index (χ0) is 28.2. The Hall–Kier alpha value is -4.88. The average molecular weight is 552 g/mol. The number of hydrazone groups is 1. The standard InChI is InChI=1S/C32H26ClN3O4/c1-19-16-20(2)29-25(17-19)28(24-9-5-6-10-26(24)33)30(35-29)31(37)36-34-18-22-8-4-7-11-27(22)40-32(38)21-12-14-23(39-3)15-13-21/h4-18,35H,1-3H3,(H,36,37). The molecule has 0 bridgehead atoms. The van der Waals surface area contributed by atoms with Crippen molar-refractivity contribution >= 4 is 40.6 Å². The number of rotatable bonds is 7. The number of aromatic nitrogens is 1. The molecule has 0 aliphatic heterocycles. The smallest absolute Gasteiger partial charge is 0.343 e. The van der Waals surface area contributed by atoms with E-state index in [9.17, 15) is 9.59 Å². The Balaban J connectivity index is 1.41. The van der Waals surface area contributed by atoms with E-state index < -0.39 is 11.9 Å². The van der Waals surface area contributed by atoms with E-state index in [1.807, 2.05) is 38.1 Å². The first-order chi connectivity index (χ1) is 19.4. The lowest BCUT2D eigenvalue weighted by Gasteiger charge is -2.08. The Morgan fingerprint density at radius 3 is 2.42 bits per heavy atom. The average Bonchev–Trinajstić information content (AvgIpc) is 3.34. The van der Waals surface area contributed by atoms with Gasteiger partial charge in [0.15, 0.2) is 0 Å². The molecule has 1 aromatic heterocycles. The molecule has 40 heavy (non-hydrogen) atoms. The number of nitrogens with one attached hydrogen (secondary N) is 2. The highest BCUT2D eigenvalue weighted by Crippen LogP contribution is 2.38. The number of methoxy groups -OCH3 is 1. The quantitative estimate of drug-likeness (QED) is 0.0976. The Morgan fingerprint density at radius 2 is 1.68 bits per heavy atom. The van der Waals surface area contributed by atoms with Crippen LogP contribution < -0.4 is 14.9 Å². The number of carbonyl (C=O) groups is 2. The monoisotopic (exact) mass is 551 g/mol. The molecular formula is C32H26ClN3O4. The van der Waals surface area contributed by atoms with Crippen LogP contribution in [0.15, 0.2) is 90.0 Å². The molecule has 7 nitrogen and oxygen atoms in total. The summed E-state index contributed by atoms with van der Waals surface area (Å²) in [4.78, 5) is 29.4.